The first-order chi connectivity index (χ1) is 10.6. The monoisotopic (exact) mass is 291 g/mol. The van der Waals surface area contributed by atoms with Crippen LogP contribution in [0.4, 0.5) is 0 Å². The highest BCUT2D eigenvalue weighted by Gasteiger charge is 2.13. The second-order valence-electron chi connectivity index (χ2n) is 5.10. The van der Waals surface area contributed by atoms with E-state index in [9.17, 15) is 4.79 Å². The number of primary amides is 1. The fourth-order valence-corrected chi connectivity index (χ4v) is 2.34. The number of carbonyl (C=O) groups excluding carboxylic acids is 1. The highest BCUT2D eigenvalue weighted by Crippen LogP contribution is 2.16. The van der Waals surface area contributed by atoms with Gasteiger partial charge in [-0.3, -0.25) is 14.5 Å². The minimum Gasteiger partial charge on any atom is -0.365 e. The molecule has 0 bridgehead atoms. The number of pyridine rings is 1. The third kappa shape index (κ3) is 2.52. The lowest BCUT2D eigenvalue weighted by Gasteiger charge is -2.04. The molecule has 0 aliphatic heterocycles. The number of nitrogens with two attached hydrogens (primary N) is 1. The van der Waals surface area contributed by atoms with Crippen LogP contribution in [-0.2, 0) is 6.54 Å². The van der Waals surface area contributed by atoms with Gasteiger partial charge in [-0.25, -0.2) is 0 Å². The van der Waals surface area contributed by atoms with Crippen molar-refractivity contribution in [2.75, 3.05) is 0 Å². The summed E-state index contributed by atoms with van der Waals surface area (Å²) >= 11 is 0. The molecule has 0 saturated heterocycles. The number of aryl methyl sites for hydroxylation is 1. The van der Waals surface area contributed by atoms with Gasteiger partial charge in [0.1, 0.15) is 6.07 Å². The summed E-state index contributed by atoms with van der Waals surface area (Å²) in [5.41, 5.74) is 8.44. The Bertz CT molecular complexity index is 920. The summed E-state index contributed by atoms with van der Waals surface area (Å²) in [6, 6.07) is 9.84. The lowest BCUT2D eigenvalue weighted by atomic mass is 10.1. The quantitative estimate of drug-likeness (QED) is 0.795. The van der Waals surface area contributed by atoms with Crippen LogP contribution >= 0.6 is 0 Å². The first kappa shape index (κ1) is 13.8. The summed E-state index contributed by atoms with van der Waals surface area (Å²) in [5, 5.41) is 14.1. The highest BCUT2D eigenvalue weighted by atomic mass is 16.1. The second-order valence-corrected chi connectivity index (χ2v) is 5.10. The smallest absolute Gasteiger partial charge is 0.253 e. The van der Waals surface area contributed by atoms with Gasteiger partial charge in [-0.05, 0) is 36.2 Å². The number of nitrogens with zero attached hydrogens (tertiary/aromatic N) is 4. The first-order valence-electron chi connectivity index (χ1n) is 6.69. The fourth-order valence-electron chi connectivity index (χ4n) is 2.34. The van der Waals surface area contributed by atoms with Gasteiger partial charge in [-0.1, -0.05) is 6.07 Å². The van der Waals surface area contributed by atoms with Gasteiger partial charge < -0.3 is 5.73 Å². The van der Waals surface area contributed by atoms with Gasteiger partial charge in [-0.15, -0.1) is 0 Å². The molecule has 0 aliphatic rings. The average molecular weight is 291 g/mol. The molecular weight excluding hydrogens is 278 g/mol. The predicted octanol–water partition coefficient (Wildman–Crippen LogP) is 1.76. The summed E-state index contributed by atoms with van der Waals surface area (Å²) < 4.78 is 1.54. The van der Waals surface area contributed by atoms with Crippen molar-refractivity contribution in [3.05, 3.63) is 59.0 Å². The van der Waals surface area contributed by atoms with Gasteiger partial charge in [0.15, 0.2) is 5.69 Å². The molecule has 2 aromatic heterocycles. The van der Waals surface area contributed by atoms with Crippen molar-refractivity contribution in [3.63, 3.8) is 0 Å². The van der Waals surface area contributed by atoms with Crippen LogP contribution in [0.1, 0.15) is 27.2 Å². The number of carbonyl (C=O) groups is 1. The number of aromatic nitrogens is 3. The number of fused-ring (bicyclic) bond motifs is 1. The van der Waals surface area contributed by atoms with E-state index in [1.54, 1.807) is 4.68 Å². The number of amides is 1. The Hall–Kier alpha value is -3.20. The van der Waals surface area contributed by atoms with E-state index in [1.807, 2.05) is 37.4 Å². The molecule has 22 heavy (non-hydrogen) atoms. The molecule has 0 saturated carbocycles. The van der Waals surface area contributed by atoms with E-state index in [0.29, 0.717) is 6.54 Å². The molecule has 1 amide bonds. The van der Waals surface area contributed by atoms with Crippen molar-refractivity contribution in [2.45, 2.75) is 13.5 Å². The van der Waals surface area contributed by atoms with Crippen LogP contribution in [0.15, 0.2) is 36.7 Å². The van der Waals surface area contributed by atoms with Gasteiger partial charge in [0.25, 0.3) is 5.91 Å². The third-order valence-electron chi connectivity index (χ3n) is 3.36. The summed E-state index contributed by atoms with van der Waals surface area (Å²) in [7, 11) is 0. The van der Waals surface area contributed by atoms with E-state index in [1.165, 1.54) is 6.20 Å². The van der Waals surface area contributed by atoms with Gasteiger partial charge in [0.05, 0.1) is 17.6 Å². The first-order valence-corrected chi connectivity index (χ1v) is 6.69. The molecule has 6 heteroatoms. The van der Waals surface area contributed by atoms with E-state index in [2.05, 4.69) is 16.1 Å². The molecule has 108 valence electrons. The van der Waals surface area contributed by atoms with E-state index in [0.717, 1.165) is 22.0 Å². The van der Waals surface area contributed by atoms with Crippen LogP contribution in [0.5, 0.6) is 0 Å². The average Bonchev–Trinajstić information content (AvgIpc) is 2.90. The van der Waals surface area contributed by atoms with Gasteiger partial charge >= 0.3 is 0 Å². The van der Waals surface area contributed by atoms with Crippen molar-refractivity contribution in [2.24, 2.45) is 5.73 Å². The van der Waals surface area contributed by atoms with Gasteiger partial charge in [0, 0.05) is 17.8 Å². The highest BCUT2D eigenvalue weighted by molar-refractivity contribution is 5.94. The van der Waals surface area contributed by atoms with Crippen molar-refractivity contribution in [3.8, 4) is 6.07 Å². The van der Waals surface area contributed by atoms with Crippen LogP contribution in [-0.4, -0.2) is 20.7 Å². The van der Waals surface area contributed by atoms with Crippen molar-refractivity contribution in [1.82, 2.24) is 14.8 Å². The summed E-state index contributed by atoms with van der Waals surface area (Å²) in [5.74, 6) is -0.652. The molecule has 0 fully saturated rings. The van der Waals surface area contributed by atoms with E-state index in [4.69, 9.17) is 11.0 Å². The Morgan fingerprint density at radius 1 is 1.41 bits per heavy atom. The SMILES string of the molecule is Cc1cnc2ccc(Cn3cc(C(N)=O)c(C#N)n3)cc2c1. The zero-order valence-electron chi connectivity index (χ0n) is 11.9. The zero-order valence-corrected chi connectivity index (χ0v) is 11.9. The normalized spacial score (nSPS) is 10.5. The second kappa shape index (κ2) is 5.30. The Morgan fingerprint density at radius 2 is 2.23 bits per heavy atom. The Labute approximate surface area is 126 Å². The number of nitriles is 1. The Kier molecular flexibility index (Phi) is 3.31. The van der Waals surface area contributed by atoms with E-state index < -0.39 is 5.91 Å². The number of hydrogen-bond donors (Lipinski definition) is 1. The number of rotatable bonds is 3. The number of hydrogen-bond acceptors (Lipinski definition) is 4. The maximum absolute atomic E-state index is 11.3. The number of benzene rings is 1. The lowest BCUT2D eigenvalue weighted by molar-refractivity contribution is 0.1000. The van der Waals surface area contributed by atoms with Crippen molar-refractivity contribution in [1.29, 1.82) is 5.26 Å². The van der Waals surface area contributed by atoms with Crippen LogP contribution in [0.2, 0.25) is 0 Å². The molecule has 1 aromatic carbocycles. The van der Waals surface area contributed by atoms with Crippen LogP contribution < -0.4 is 5.73 Å². The molecule has 0 radical (unpaired) electrons. The molecule has 3 rings (SSSR count). The Balaban J connectivity index is 1.96. The molecule has 0 atom stereocenters. The fraction of sp³-hybridized carbons (Fsp3) is 0.125. The molecule has 3 aromatic rings. The third-order valence-corrected chi connectivity index (χ3v) is 3.36. The van der Waals surface area contributed by atoms with Crippen LogP contribution in [0, 0.1) is 18.3 Å². The molecule has 0 aliphatic carbocycles. The molecule has 0 spiro atoms. The Morgan fingerprint density at radius 3 is 2.91 bits per heavy atom. The summed E-state index contributed by atoms with van der Waals surface area (Å²) in [6.07, 6.45) is 3.33. The van der Waals surface area contributed by atoms with E-state index >= 15 is 0 Å². The van der Waals surface area contributed by atoms with Crippen molar-refractivity contribution >= 4 is 16.8 Å². The van der Waals surface area contributed by atoms with Crippen molar-refractivity contribution < 1.29 is 4.79 Å². The van der Waals surface area contributed by atoms with Crippen LogP contribution in [0.3, 0.4) is 0 Å². The zero-order chi connectivity index (χ0) is 15.7. The minimum atomic E-state index is -0.652. The standard InChI is InChI=1S/C16H13N5O/c1-10-4-12-5-11(2-3-14(12)19-7-10)8-21-9-13(16(18)22)15(6-17)20-21/h2-5,7,9H,8H2,1H3,(H2,18,22). The molecular formula is C16H13N5O. The molecule has 0 unspecified atom stereocenters. The predicted molar refractivity (Wildman–Crippen MR) is 81.0 cm³/mol. The molecule has 2 heterocycles. The van der Waals surface area contributed by atoms with Gasteiger partial charge in [-0.2, -0.15) is 10.4 Å². The molecule has 6 nitrogen and oxygen atoms in total. The van der Waals surface area contributed by atoms with Gasteiger partial charge in [0.2, 0.25) is 0 Å². The minimum absolute atomic E-state index is 0.0470. The topological polar surface area (TPSA) is 97.6 Å². The maximum atomic E-state index is 11.3. The summed E-state index contributed by atoms with van der Waals surface area (Å²) in [4.78, 5) is 15.6. The maximum Gasteiger partial charge on any atom is 0.253 e. The largest absolute Gasteiger partial charge is 0.365 e. The van der Waals surface area contributed by atoms with E-state index in [-0.39, 0.29) is 11.3 Å². The lowest BCUT2D eigenvalue weighted by Crippen LogP contribution is -2.11. The summed E-state index contributed by atoms with van der Waals surface area (Å²) in [6.45, 7) is 2.44. The molecule has 2 N–H and O–H groups in total. The van der Waals surface area contributed by atoms with Crippen LogP contribution in [0.25, 0.3) is 10.9 Å².